The lowest BCUT2D eigenvalue weighted by atomic mass is 9.99. The SMILES string of the molecule is C=CC[C@@H](C)OC(=O)c1c(OCOCC)cc(OCOCC)c(Cl)c1CC(=O)/C=C/C[C@H](C=C)O[Si](C)(C)C(C)(C)C. The molecule has 0 amide bonds. The summed E-state index contributed by atoms with van der Waals surface area (Å²) >= 11 is 6.74. The first kappa shape index (κ1) is 37.6. The first-order valence-electron chi connectivity index (χ1n) is 14.3. The second kappa shape index (κ2) is 18.3. The summed E-state index contributed by atoms with van der Waals surface area (Å²) < 4.78 is 34.2. The van der Waals surface area contributed by atoms with Crippen LogP contribution in [0.4, 0.5) is 0 Å². The summed E-state index contributed by atoms with van der Waals surface area (Å²) in [5.41, 5.74) is 0.256. The zero-order valence-corrected chi connectivity index (χ0v) is 28.3. The molecule has 0 saturated heterocycles. The molecule has 0 saturated carbocycles. The summed E-state index contributed by atoms with van der Waals surface area (Å²) in [6.45, 7) is 24.5. The summed E-state index contributed by atoms with van der Waals surface area (Å²) in [7, 11) is -2.03. The van der Waals surface area contributed by atoms with E-state index in [1.54, 1.807) is 25.2 Å². The van der Waals surface area contributed by atoms with Crippen LogP contribution in [0.1, 0.15) is 70.3 Å². The Hall–Kier alpha value is -2.43. The van der Waals surface area contributed by atoms with Crippen LogP contribution in [0.3, 0.4) is 0 Å². The molecule has 0 aliphatic carbocycles. The van der Waals surface area contributed by atoms with Crippen LogP contribution in [0.2, 0.25) is 23.2 Å². The highest BCUT2D eigenvalue weighted by Gasteiger charge is 2.38. The van der Waals surface area contributed by atoms with Crippen LogP contribution in [0.5, 0.6) is 11.5 Å². The average molecular weight is 625 g/mol. The van der Waals surface area contributed by atoms with Crippen molar-refractivity contribution in [3.63, 3.8) is 0 Å². The fourth-order valence-electron chi connectivity index (χ4n) is 3.49. The monoisotopic (exact) mass is 624 g/mol. The van der Waals surface area contributed by atoms with Crippen molar-refractivity contribution in [2.45, 2.75) is 91.1 Å². The molecule has 2 atom stereocenters. The molecule has 42 heavy (non-hydrogen) atoms. The molecule has 1 aromatic rings. The quantitative estimate of drug-likeness (QED) is 0.0362. The van der Waals surface area contributed by atoms with E-state index in [9.17, 15) is 9.59 Å². The minimum absolute atomic E-state index is 0.0337. The third-order valence-electron chi connectivity index (χ3n) is 6.84. The van der Waals surface area contributed by atoms with Gasteiger partial charge in [-0.25, -0.2) is 4.79 Å². The zero-order valence-electron chi connectivity index (χ0n) is 26.5. The first-order valence-corrected chi connectivity index (χ1v) is 17.6. The molecule has 0 bridgehead atoms. The molecule has 0 N–H and O–H groups in total. The smallest absolute Gasteiger partial charge is 0.342 e. The molecule has 1 rings (SSSR count). The lowest BCUT2D eigenvalue weighted by Crippen LogP contribution is -2.43. The topological polar surface area (TPSA) is 89.5 Å². The Balaban J connectivity index is 3.41. The fraction of sp³-hybridized carbons (Fsp3) is 0.562. The van der Waals surface area contributed by atoms with E-state index >= 15 is 0 Å². The number of hydrogen-bond donors (Lipinski definition) is 0. The van der Waals surface area contributed by atoms with Crippen molar-refractivity contribution in [1.29, 1.82) is 0 Å². The molecule has 0 aliphatic heterocycles. The van der Waals surface area contributed by atoms with E-state index in [2.05, 4.69) is 47.0 Å². The highest BCUT2D eigenvalue weighted by atomic mass is 35.5. The molecule has 236 valence electrons. The van der Waals surface area contributed by atoms with Crippen LogP contribution in [-0.4, -0.2) is 59.1 Å². The number of carbonyl (C=O) groups is 2. The van der Waals surface area contributed by atoms with Crippen molar-refractivity contribution < 1.29 is 37.7 Å². The van der Waals surface area contributed by atoms with Gasteiger partial charge in [-0.1, -0.05) is 50.6 Å². The van der Waals surface area contributed by atoms with Crippen molar-refractivity contribution in [2.75, 3.05) is 26.8 Å². The maximum absolute atomic E-state index is 13.4. The number of carbonyl (C=O) groups excluding carboxylic acids is 2. The highest BCUT2D eigenvalue weighted by Crippen LogP contribution is 2.39. The molecule has 1 aromatic carbocycles. The van der Waals surface area contributed by atoms with Gasteiger partial charge in [0.1, 0.15) is 23.2 Å². The van der Waals surface area contributed by atoms with E-state index < -0.39 is 20.4 Å². The van der Waals surface area contributed by atoms with Crippen LogP contribution in [0.25, 0.3) is 0 Å². The van der Waals surface area contributed by atoms with Gasteiger partial charge >= 0.3 is 5.97 Å². The normalized spacial score (nSPS) is 13.5. The maximum atomic E-state index is 13.4. The third kappa shape index (κ3) is 12.0. The Labute approximate surface area is 258 Å². The minimum Gasteiger partial charge on any atom is -0.466 e. The number of benzene rings is 1. The highest BCUT2D eigenvalue weighted by molar-refractivity contribution is 6.74. The van der Waals surface area contributed by atoms with Gasteiger partial charge in [0.25, 0.3) is 0 Å². The van der Waals surface area contributed by atoms with Crippen molar-refractivity contribution in [1.82, 2.24) is 0 Å². The van der Waals surface area contributed by atoms with Crippen LogP contribution in [-0.2, 0) is 29.9 Å². The van der Waals surface area contributed by atoms with Crippen LogP contribution in [0.15, 0.2) is 43.5 Å². The number of hydrogen-bond acceptors (Lipinski definition) is 8. The predicted molar refractivity (Wildman–Crippen MR) is 170 cm³/mol. The molecule has 0 aromatic heterocycles. The summed E-state index contributed by atoms with van der Waals surface area (Å²) in [6, 6.07) is 1.48. The summed E-state index contributed by atoms with van der Waals surface area (Å²) in [4.78, 5) is 26.6. The largest absolute Gasteiger partial charge is 0.466 e. The van der Waals surface area contributed by atoms with E-state index in [0.29, 0.717) is 26.1 Å². The molecular weight excluding hydrogens is 576 g/mol. The first-order chi connectivity index (χ1) is 19.7. The lowest BCUT2D eigenvalue weighted by molar-refractivity contribution is -0.114. The van der Waals surface area contributed by atoms with E-state index in [4.69, 9.17) is 39.7 Å². The molecule has 8 nitrogen and oxygen atoms in total. The maximum Gasteiger partial charge on any atom is 0.342 e. The lowest BCUT2D eigenvalue weighted by Gasteiger charge is -2.38. The molecule has 0 radical (unpaired) electrons. The molecule has 0 heterocycles. The number of ketones is 1. The standard InChI is InChI=1S/C32H49ClO8Si/c1-11-16-23(5)40-31(35)29-26(30(33)28(39-22-37-14-4)20-27(29)38-21-36-13-3)19-24(34)17-15-18-25(12-2)41-42(9,10)32(6,7)8/h11-12,15,17,20,23,25H,1-2,13-14,16,18-19,21-22H2,3-10H3/b17-15+/t23-,25+/m1/s1. The summed E-state index contributed by atoms with van der Waals surface area (Å²) in [5, 5.41) is 0.129. The third-order valence-corrected chi connectivity index (χ3v) is 11.8. The summed E-state index contributed by atoms with van der Waals surface area (Å²) in [6.07, 6.45) is 6.66. The number of allylic oxidation sites excluding steroid dienone is 1. The van der Waals surface area contributed by atoms with Gasteiger partial charge in [-0.15, -0.1) is 13.2 Å². The molecule has 0 aliphatic rings. The second-order valence-electron chi connectivity index (χ2n) is 11.2. The Bertz CT molecular complexity index is 1080. The van der Waals surface area contributed by atoms with Gasteiger partial charge in [0, 0.05) is 37.7 Å². The second-order valence-corrected chi connectivity index (χ2v) is 16.4. The van der Waals surface area contributed by atoms with Crippen molar-refractivity contribution in [3.05, 3.63) is 59.7 Å². The van der Waals surface area contributed by atoms with Gasteiger partial charge in [-0.05, 0) is 51.4 Å². The van der Waals surface area contributed by atoms with Gasteiger partial charge < -0.3 is 28.1 Å². The van der Waals surface area contributed by atoms with Gasteiger partial charge in [-0.2, -0.15) is 0 Å². The van der Waals surface area contributed by atoms with Crippen molar-refractivity contribution in [3.8, 4) is 11.5 Å². The molecular formula is C32H49ClO8Si. The number of esters is 1. The van der Waals surface area contributed by atoms with Crippen molar-refractivity contribution in [2.24, 2.45) is 0 Å². The van der Waals surface area contributed by atoms with E-state index in [0.717, 1.165) is 0 Å². The molecule has 10 heteroatoms. The predicted octanol–water partition coefficient (Wildman–Crippen LogP) is 7.84. The van der Waals surface area contributed by atoms with E-state index in [1.165, 1.54) is 12.1 Å². The Kier molecular flexibility index (Phi) is 16.4. The molecule has 0 spiro atoms. The summed E-state index contributed by atoms with van der Waals surface area (Å²) in [5.74, 6) is -0.640. The number of rotatable bonds is 20. The van der Waals surface area contributed by atoms with Gasteiger partial charge in [0.15, 0.2) is 27.7 Å². The average Bonchev–Trinajstić information content (AvgIpc) is 2.89. The zero-order chi connectivity index (χ0) is 31.9. The Morgan fingerprint density at radius 2 is 1.62 bits per heavy atom. The molecule has 0 unspecified atom stereocenters. The Morgan fingerprint density at radius 3 is 2.14 bits per heavy atom. The van der Waals surface area contributed by atoms with E-state index in [1.807, 2.05) is 13.8 Å². The van der Waals surface area contributed by atoms with Crippen LogP contribution in [0, 0.1) is 0 Å². The minimum atomic E-state index is -2.03. The Morgan fingerprint density at radius 1 is 1.02 bits per heavy atom. The number of ether oxygens (including phenoxy) is 5. The van der Waals surface area contributed by atoms with Crippen LogP contribution < -0.4 is 9.47 Å². The fourth-order valence-corrected chi connectivity index (χ4v) is 5.06. The van der Waals surface area contributed by atoms with Gasteiger partial charge in [0.2, 0.25) is 0 Å². The van der Waals surface area contributed by atoms with Crippen molar-refractivity contribution >= 4 is 31.7 Å². The molecule has 0 fully saturated rings. The van der Waals surface area contributed by atoms with E-state index in [-0.39, 0.29) is 64.6 Å². The van der Waals surface area contributed by atoms with Crippen LogP contribution >= 0.6 is 11.6 Å². The number of halogens is 1. The van der Waals surface area contributed by atoms with Gasteiger partial charge in [-0.3, -0.25) is 4.79 Å². The van der Waals surface area contributed by atoms with Gasteiger partial charge in [0.05, 0.1) is 11.1 Å².